The van der Waals surface area contributed by atoms with Crippen LogP contribution in [0.15, 0.2) is 75.6 Å². The number of benzene rings is 3. The summed E-state index contributed by atoms with van der Waals surface area (Å²) >= 11 is 9.42. The van der Waals surface area contributed by atoms with Crippen molar-refractivity contribution in [1.82, 2.24) is 5.32 Å². The number of barbiturate groups is 1. The number of para-hydroxylation sites is 1. The molecule has 1 aliphatic rings. The van der Waals surface area contributed by atoms with Gasteiger partial charge in [0.15, 0.2) is 11.5 Å². The van der Waals surface area contributed by atoms with Gasteiger partial charge in [0.25, 0.3) is 11.8 Å². The Bertz CT molecular complexity index is 1570. The molecular formula is C25H18BrClN2O7S. The quantitative estimate of drug-likeness (QED) is 0.242. The van der Waals surface area contributed by atoms with E-state index in [1.54, 1.807) is 24.3 Å². The molecule has 0 saturated carbocycles. The summed E-state index contributed by atoms with van der Waals surface area (Å²) in [6.45, 7) is 1.82. The maximum absolute atomic E-state index is 13.1. The number of methoxy groups -OCH3 is 1. The number of hydrogen-bond acceptors (Lipinski definition) is 7. The minimum atomic E-state index is -4.19. The molecule has 0 aromatic heterocycles. The van der Waals surface area contributed by atoms with Crippen molar-refractivity contribution < 1.29 is 31.7 Å². The number of urea groups is 1. The Morgan fingerprint density at radius 3 is 2.35 bits per heavy atom. The van der Waals surface area contributed by atoms with E-state index in [9.17, 15) is 22.8 Å². The molecule has 1 heterocycles. The van der Waals surface area contributed by atoms with Gasteiger partial charge in [-0.05, 0) is 70.9 Å². The van der Waals surface area contributed by atoms with E-state index >= 15 is 0 Å². The highest BCUT2D eigenvalue weighted by molar-refractivity contribution is 9.10. The van der Waals surface area contributed by atoms with E-state index < -0.39 is 28.0 Å². The average Bonchev–Trinajstić information content (AvgIpc) is 2.84. The van der Waals surface area contributed by atoms with Crippen molar-refractivity contribution in [2.45, 2.75) is 11.8 Å². The third-order valence-corrected chi connectivity index (χ3v) is 7.40. The largest absolute Gasteiger partial charge is 0.493 e. The predicted octanol–water partition coefficient (Wildman–Crippen LogP) is 4.85. The molecule has 4 amide bonds. The van der Waals surface area contributed by atoms with Crippen LogP contribution >= 0.6 is 27.5 Å². The van der Waals surface area contributed by atoms with Gasteiger partial charge in [-0.1, -0.05) is 41.4 Å². The molecule has 9 nitrogen and oxygen atoms in total. The zero-order chi connectivity index (χ0) is 26.9. The van der Waals surface area contributed by atoms with E-state index in [4.69, 9.17) is 20.5 Å². The van der Waals surface area contributed by atoms with Crippen LogP contribution in [0.1, 0.15) is 11.1 Å². The summed E-state index contributed by atoms with van der Waals surface area (Å²) in [6, 6.07) is 14.2. The number of halogens is 2. The van der Waals surface area contributed by atoms with Crippen LogP contribution in [0.25, 0.3) is 6.08 Å². The van der Waals surface area contributed by atoms with Gasteiger partial charge in [0.2, 0.25) is 0 Å². The van der Waals surface area contributed by atoms with Crippen LogP contribution in [0, 0.1) is 6.92 Å². The lowest BCUT2D eigenvalue weighted by atomic mass is 10.1. The summed E-state index contributed by atoms with van der Waals surface area (Å²) in [6.07, 6.45) is 1.24. The van der Waals surface area contributed by atoms with E-state index in [2.05, 4.69) is 21.2 Å². The lowest BCUT2D eigenvalue weighted by molar-refractivity contribution is -0.122. The number of rotatable bonds is 6. The molecule has 3 aromatic carbocycles. The van der Waals surface area contributed by atoms with Crippen LogP contribution < -0.4 is 19.1 Å². The number of imide groups is 2. The molecule has 3 aromatic rings. The van der Waals surface area contributed by atoms with E-state index in [1.165, 1.54) is 49.6 Å². The summed E-state index contributed by atoms with van der Waals surface area (Å²) < 4.78 is 36.4. The summed E-state index contributed by atoms with van der Waals surface area (Å²) in [5.41, 5.74) is 0.922. The van der Waals surface area contributed by atoms with Crippen molar-refractivity contribution in [2.75, 3.05) is 12.0 Å². The number of nitrogens with zero attached hydrogens (tertiary/aromatic N) is 1. The minimum Gasteiger partial charge on any atom is -0.493 e. The SMILES string of the molecule is COc1cc(/C=C2\C(=O)NC(=O)N(c3ccccc3Cl)C2=O)cc(Br)c1OS(=O)(=O)c1ccc(C)cc1. The molecule has 12 heteroatoms. The highest BCUT2D eigenvalue weighted by Gasteiger charge is 2.37. The Morgan fingerprint density at radius 1 is 1.03 bits per heavy atom. The fraction of sp³-hybridized carbons (Fsp3) is 0.0800. The third-order valence-electron chi connectivity index (χ3n) is 5.26. The van der Waals surface area contributed by atoms with Crippen LogP contribution in [0.4, 0.5) is 10.5 Å². The van der Waals surface area contributed by atoms with Crippen molar-refractivity contribution in [2.24, 2.45) is 0 Å². The topological polar surface area (TPSA) is 119 Å². The van der Waals surface area contributed by atoms with Gasteiger partial charge >= 0.3 is 16.1 Å². The highest BCUT2D eigenvalue weighted by Crippen LogP contribution is 2.39. The number of carbonyl (C=O) groups excluding carboxylic acids is 3. The van der Waals surface area contributed by atoms with Crippen LogP contribution in [0.2, 0.25) is 5.02 Å². The number of anilines is 1. The Hall–Kier alpha value is -3.67. The normalized spacial score (nSPS) is 15.1. The molecule has 0 unspecified atom stereocenters. The first kappa shape index (κ1) is 26.4. The van der Waals surface area contributed by atoms with Gasteiger partial charge in [-0.3, -0.25) is 14.9 Å². The first-order valence-corrected chi connectivity index (χ1v) is 13.1. The van der Waals surface area contributed by atoms with Gasteiger partial charge in [-0.15, -0.1) is 0 Å². The second-order valence-electron chi connectivity index (χ2n) is 7.79. The number of ether oxygens (including phenoxy) is 1. The van der Waals surface area contributed by atoms with Gasteiger partial charge in [0.05, 0.1) is 22.3 Å². The van der Waals surface area contributed by atoms with E-state index in [1.807, 2.05) is 6.92 Å². The summed E-state index contributed by atoms with van der Waals surface area (Å²) in [5, 5.41) is 2.26. The van der Waals surface area contributed by atoms with Gasteiger partial charge in [-0.2, -0.15) is 8.42 Å². The molecule has 190 valence electrons. The lowest BCUT2D eigenvalue weighted by Crippen LogP contribution is -2.54. The molecular weight excluding hydrogens is 588 g/mol. The molecule has 0 atom stereocenters. The van der Waals surface area contributed by atoms with E-state index in [0.29, 0.717) is 0 Å². The predicted molar refractivity (Wildman–Crippen MR) is 140 cm³/mol. The molecule has 1 N–H and O–H groups in total. The Balaban J connectivity index is 1.71. The Morgan fingerprint density at radius 2 is 1.70 bits per heavy atom. The standard InChI is InChI=1S/C25H18BrClN2O7S/c1-14-7-9-16(10-8-14)37(33,34)36-22-18(26)12-15(13-21(22)35-2)11-17-23(30)28-25(32)29(24(17)31)20-6-4-3-5-19(20)27/h3-13H,1-2H3,(H,28,30,32)/b17-11+. The summed E-state index contributed by atoms with van der Waals surface area (Å²) in [7, 11) is -2.89. The molecule has 1 fully saturated rings. The van der Waals surface area contributed by atoms with Gasteiger partial charge in [0.1, 0.15) is 10.5 Å². The molecule has 4 rings (SSSR count). The van der Waals surface area contributed by atoms with Crippen LogP contribution in [-0.4, -0.2) is 33.4 Å². The molecule has 0 spiro atoms. The zero-order valence-electron chi connectivity index (χ0n) is 19.3. The summed E-state index contributed by atoms with van der Waals surface area (Å²) in [4.78, 5) is 38.8. The van der Waals surface area contributed by atoms with Crippen molar-refractivity contribution >= 4 is 67.3 Å². The fourth-order valence-electron chi connectivity index (χ4n) is 3.44. The highest BCUT2D eigenvalue weighted by atomic mass is 79.9. The first-order chi connectivity index (χ1) is 17.5. The zero-order valence-corrected chi connectivity index (χ0v) is 22.5. The number of carbonyl (C=O) groups is 3. The number of nitrogens with one attached hydrogen (secondary N) is 1. The number of hydrogen-bond donors (Lipinski definition) is 1. The van der Waals surface area contributed by atoms with Crippen LogP contribution in [-0.2, 0) is 19.7 Å². The molecule has 0 bridgehead atoms. The number of amides is 4. The van der Waals surface area contributed by atoms with Crippen molar-refractivity contribution in [1.29, 1.82) is 0 Å². The van der Waals surface area contributed by atoms with Crippen LogP contribution in [0.3, 0.4) is 0 Å². The maximum atomic E-state index is 13.1. The molecule has 37 heavy (non-hydrogen) atoms. The molecule has 1 saturated heterocycles. The average molecular weight is 606 g/mol. The first-order valence-electron chi connectivity index (χ1n) is 10.6. The van der Waals surface area contributed by atoms with E-state index in [-0.39, 0.29) is 42.7 Å². The van der Waals surface area contributed by atoms with Crippen molar-refractivity contribution in [3.63, 3.8) is 0 Å². The number of aryl methyl sites for hydroxylation is 1. The minimum absolute atomic E-state index is 0.0135. The van der Waals surface area contributed by atoms with Crippen LogP contribution in [0.5, 0.6) is 11.5 Å². The lowest BCUT2D eigenvalue weighted by Gasteiger charge is -2.27. The third kappa shape index (κ3) is 5.38. The smallest absolute Gasteiger partial charge is 0.339 e. The molecule has 0 radical (unpaired) electrons. The van der Waals surface area contributed by atoms with Gasteiger partial charge in [-0.25, -0.2) is 9.69 Å². The second kappa shape index (κ2) is 10.4. The molecule has 0 aliphatic carbocycles. The van der Waals surface area contributed by atoms with Gasteiger partial charge < -0.3 is 8.92 Å². The van der Waals surface area contributed by atoms with E-state index in [0.717, 1.165) is 10.5 Å². The fourth-order valence-corrected chi connectivity index (χ4v) is 5.27. The van der Waals surface area contributed by atoms with Crippen molar-refractivity contribution in [3.8, 4) is 11.5 Å². The maximum Gasteiger partial charge on any atom is 0.339 e. The monoisotopic (exact) mass is 604 g/mol. The van der Waals surface area contributed by atoms with Crippen molar-refractivity contribution in [3.05, 3.63) is 86.9 Å². The second-order valence-corrected chi connectivity index (χ2v) is 10.6. The van der Waals surface area contributed by atoms with Gasteiger partial charge in [0, 0.05) is 0 Å². The summed E-state index contributed by atoms with van der Waals surface area (Å²) in [5.74, 6) is -1.91. The Labute approximate surface area is 225 Å². The molecule has 1 aliphatic heterocycles. The Kier molecular flexibility index (Phi) is 7.39.